The van der Waals surface area contributed by atoms with Gasteiger partial charge in [-0.25, -0.2) is 0 Å². The Kier molecular flexibility index (Phi) is 8.24. The maximum Gasteiger partial charge on any atom is 0.191 e. The van der Waals surface area contributed by atoms with Crippen molar-refractivity contribution in [2.24, 2.45) is 4.99 Å². The number of nitrogens with zero attached hydrogens (tertiary/aromatic N) is 2. The Morgan fingerprint density at radius 3 is 2.38 bits per heavy atom. The van der Waals surface area contributed by atoms with Crippen molar-refractivity contribution in [3.8, 4) is 0 Å². The highest BCUT2D eigenvalue weighted by Crippen LogP contribution is 2.22. The fourth-order valence-corrected chi connectivity index (χ4v) is 2.28. The van der Waals surface area contributed by atoms with Crippen molar-refractivity contribution in [3.05, 3.63) is 53.3 Å². The summed E-state index contributed by atoms with van der Waals surface area (Å²) in [5, 5.41) is 13.4. The van der Waals surface area contributed by atoms with Crippen LogP contribution < -0.4 is 10.6 Å². The minimum atomic E-state index is 0. The van der Waals surface area contributed by atoms with Crippen molar-refractivity contribution in [2.75, 3.05) is 13.6 Å². The highest BCUT2D eigenvalue weighted by atomic mass is 127. The molecule has 0 atom stereocenters. The molecule has 1 aromatic carbocycles. The van der Waals surface area contributed by atoms with Gasteiger partial charge >= 0.3 is 0 Å². The third-order valence-electron chi connectivity index (χ3n) is 3.75. The Balaban J connectivity index is 0.00000288. The van der Waals surface area contributed by atoms with Crippen LogP contribution in [0.5, 0.6) is 0 Å². The summed E-state index contributed by atoms with van der Waals surface area (Å²) >= 11 is 0. The summed E-state index contributed by atoms with van der Waals surface area (Å²) in [4.78, 5) is 4.23. The zero-order valence-electron chi connectivity index (χ0n) is 14.9. The van der Waals surface area contributed by atoms with Crippen LogP contribution in [0.3, 0.4) is 0 Å². The molecule has 3 N–H and O–H groups in total. The topological polar surface area (TPSA) is 65.1 Å². The summed E-state index contributed by atoms with van der Waals surface area (Å²) in [6.45, 7) is 8.23. The number of benzene rings is 1. The van der Waals surface area contributed by atoms with Gasteiger partial charge in [-0.2, -0.15) is 5.10 Å². The molecule has 0 radical (unpaired) electrons. The first-order chi connectivity index (χ1) is 11.0. The van der Waals surface area contributed by atoms with Crippen molar-refractivity contribution in [3.63, 3.8) is 0 Å². The highest BCUT2D eigenvalue weighted by Gasteiger charge is 2.12. The highest BCUT2D eigenvalue weighted by molar-refractivity contribution is 14.0. The number of H-pyrrole nitrogens is 1. The summed E-state index contributed by atoms with van der Waals surface area (Å²) in [6, 6.07) is 10.8. The minimum absolute atomic E-state index is 0. The number of hydrogen-bond acceptors (Lipinski definition) is 2. The first kappa shape index (κ1) is 20.5. The molecule has 0 amide bonds. The molecule has 0 saturated heterocycles. The Bertz CT molecular complexity index is 612. The molecular weight excluding hydrogens is 413 g/mol. The van der Waals surface area contributed by atoms with Gasteiger partial charge in [0.25, 0.3) is 0 Å². The van der Waals surface area contributed by atoms with Crippen molar-refractivity contribution in [2.45, 2.75) is 39.2 Å². The number of aromatic nitrogens is 2. The molecule has 5 nitrogen and oxygen atoms in total. The molecule has 0 unspecified atom stereocenters. The Morgan fingerprint density at radius 1 is 1.12 bits per heavy atom. The van der Waals surface area contributed by atoms with Crippen LogP contribution in [0, 0.1) is 0 Å². The number of hydrogen-bond donors (Lipinski definition) is 3. The lowest BCUT2D eigenvalue weighted by molar-refractivity contribution is 0.590. The number of guanidine groups is 1. The average molecular weight is 441 g/mol. The standard InChI is InChI=1S/C18H27N5.HI/c1-18(2,3)15-7-5-14(6-8-15)9-11-20-17(19-4)21-13-16-10-12-22-23-16;/h5-8,10,12H,9,11,13H2,1-4H3,(H,22,23)(H2,19,20,21);1H. The average Bonchev–Trinajstić information content (AvgIpc) is 3.03. The number of nitrogens with one attached hydrogen (secondary N) is 3. The predicted molar refractivity (Wildman–Crippen MR) is 111 cm³/mol. The molecule has 2 aromatic rings. The SMILES string of the molecule is CN=C(NCCc1ccc(C(C)(C)C)cc1)NCc1ccn[nH]1.I. The maximum atomic E-state index is 4.23. The van der Waals surface area contributed by atoms with Gasteiger partial charge in [0.1, 0.15) is 0 Å². The molecule has 0 saturated carbocycles. The molecule has 6 heteroatoms. The van der Waals surface area contributed by atoms with Gasteiger partial charge < -0.3 is 10.6 Å². The largest absolute Gasteiger partial charge is 0.356 e. The second-order valence-corrected chi connectivity index (χ2v) is 6.63. The van der Waals surface area contributed by atoms with E-state index in [4.69, 9.17) is 0 Å². The molecule has 0 aliphatic carbocycles. The van der Waals surface area contributed by atoms with Gasteiger partial charge in [-0.1, -0.05) is 45.0 Å². The lowest BCUT2D eigenvalue weighted by Crippen LogP contribution is -2.37. The van der Waals surface area contributed by atoms with Crippen LogP contribution in [0.25, 0.3) is 0 Å². The first-order valence-corrected chi connectivity index (χ1v) is 8.01. The van der Waals surface area contributed by atoms with Gasteiger partial charge in [0, 0.05) is 19.8 Å². The van der Waals surface area contributed by atoms with Crippen LogP contribution in [-0.2, 0) is 18.4 Å². The van der Waals surface area contributed by atoms with Crippen LogP contribution in [0.15, 0.2) is 41.5 Å². The van der Waals surface area contributed by atoms with Crippen LogP contribution in [0.2, 0.25) is 0 Å². The van der Waals surface area contributed by atoms with E-state index < -0.39 is 0 Å². The summed E-state index contributed by atoms with van der Waals surface area (Å²) in [7, 11) is 1.78. The normalized spacial score (nSPS) is 11.8. The molecule has 0 aliphatic rings. The lowest BCUT2D eigenvalue weighted by Gasteiger charge is -2.19. The Morgan fingerprint density at radius 2 is 1.83 bits per heavy atom. The number of halogens is 1. The third-order valence-corrected chi connectivity index (χ3v) is 3.75. The van der Waals surface area contributed by atoms with Crippen molar-refractivity contribution < 1.29 is 0 Å². The van der Waals surface area contributed by atoms with E-state index in [-0.39, 0.29) is 29.4 Å². The monoisotopic (exact) mass is 441 g/mol. The van der Waals surface area contributed by atoms with E-state index in [1.165, 1.54) is 11.1 Å². The summed E-state index contributed by atoms with van der Waals surface area (Å²) in [5.74, 6) is 0.797. The molecule has 0 fully saturated rings. The van der Waals surface area contributed by atoms with E-state index in [1.54, 1.807) is 13.2 Å². The number of aromatic amines is 1. The minimum Gasteiger partial charge on any atom is -0.356 e. The van der Waals surface area contributed by atoms with Crippen LogP contribution in [0.1, 0.15) is 37.6 Å². The lowest BCUT2D eigenvalue weighted by atomic mass is 9.86. The van der Waals surface area contributed by atoms with E-state index in [2.05, 4.69) is 70.9 Å². The van der Waals surface area contributed by atoms with Gasteiger partial charge in [0.05, 0.1) is 12.2 Å². The van der Waals surface area contributed by atoms with Gasteiger partial charge in [0.2, 0.25) is 0 Å². The fourth-order valence-electron chi connectivity index (χ4n) is 2.28. The number of aliphatic imine (C=N–C) groups is 1. The Labute approximate surface area is 161 Å². The molecule has 0 spiro atoms. The fraction of sp³-hybridized carbons (Fsp3) is 0.444. The zero-order chi connectivity index (χ0) is 16.7. The molecule has 0 aliphatic heterocycles. The zero-order valence-corrected chi connectivity index (χ0v) is 17.2. The second-order valence-electron chi connectivity index (χ2n) is 6.63. The number of rotatable bonds is 5. The summed E-state index contributed by atoms with van der Waals surface area (Å²) in [6.07, 6.45) is 2.71. The molecule has 2 rings (SSSR count). The van der Waals surface area contributed by atoms with Gasteiger partial charge in [0.15, 0.2) is 5.96 Å². The van der Waals surface area contributed by atoms with E-state index >= 15 is 0 Å². The summed E-state index contributed by atoms with van der Waals surface area (Å²) < 4.78 is 0. The molecule has 132 valence electrons. The third kappa shape index (κ3) is 6.51. The van der Waals surface area contributed by atoms with Crippen LogP contribution >= 0.6 is 24.0 Å². The molecule has 0 bridgehead atoms. The van der Waals surface area contributed by atoms with E-state index in [0.717, 1.165) is 24.6 Å². The molecular formula is C18H28IN5. The second kappa shape index (κ2) is 9.66. The maximum absolute atomic E-state index is 4.23. The smallest absolute Gasteiger partial charge is 0.191 e. The quantitative estimate of drug-likeness (QED) is 0.379. The van der Waals surface area contributed by atoms with E-state index in [0.29, 0.717) is 6.54 Å². The van der Waals surface area contributed by atoms with Gasteiger partial charge in [-0.05, 0) is 29.0 Å². The van der Waals surface area contributed by atoms with Crippen molar-refractivity contribution >= 4 is 29.9 Å². The molecule has 24 heavy (non-hydrogen) atoms. The van der Waals surface area contributed by atoms with Crippen LogP contribution in [0.4, 0.5) is 0 Å². The van der Waals surface area contributed by atoms with E-state index in [9.17, 15) is 0 Å². The predicted octanol–water partition coefficient (Wildman–Crippen LogP) is 3.23. The molecule has 1 heterocycles. The first-order valence-electron chi connectivity index (χ1n) is 8.01. The van der Waals surface area contributed by atoms with Crippen molar-refractivity contribution in [1.82, 2.24) is 20.8 Å². The van der Waals surface area contributed by atoms with Crippen LogP contribution in [-0.4, -0.2) is 29.7 Å². The Hall–Kier alpha value is -1.57. The van der Waals surface area contributed by atoms with E-state index in [1.807, 2.05) is 6.07 Å². The summed E-state index contributed by atoms with van der Waals surface area (Å²) in [5.41, 5.74) is 3.93. The van der Waals surface area contributed by atoms with Gasteiger partial charge in [-0.3, -0.25) is 10.1 Å². The van der Waals surface area contributed by atoms with Crippen molar-refractivity contribution in [1.29, 1.82) is 0 Å². The van der Waals surface area contributed by atoms with Gasteiger partial charge in [-0.15, -0.1) is 24.0 Å². The molecule has 1 aromatic heterocycles.